The molecule has 0 radical (unpaired) electrons. The second-order valence-corrected chi connectivity index (χ2v) is 6.76. The summed E-state index contributed by atoms with van der Waals surface area (Å²) < 4.78 is 0. The summed E-state index contributed by atoms with van der Waals surface area (Å²) in [6.45, 7) is 3.25. The molecule has 0 unspecified atom stereocenters. The number of hydrogen-bond donors (Lipinski definition) is 0. The fraction of sp³-hybridized carbons (Fsp3) is 0.353. The van der Waals surface area contributed by atoms with E-state index >= 15 is 0 Å². The summed E-state index contributed by atoms with van der Waals surface area (Å²) in [7, 11) is 0. The van der Waals surface area contributed by atoms with E-state index in [2.05, 4.69) is 0 Å². The Bertz CT molecular complexity index is 693. The number of thioether (sulfide) groups is 1. The number of imide groups is 1. The van der Waals surface area contributed by atoms with Crippen LogP contribution in [0.3, 0.4) is 0 Å². The molecule has 2 saturated heterocycles. The van der Waals surface area contributed by atoms with E-state index in [1.54, 1.807) is 11.0 Å². The topological polar surface area (TPSA) is 57.7 Å². The SMILES string of the molecule is Cc1cccc(C=C2SC(=O)N(CC(=O)N3CCCC3)C2=O)c1. The Hall–Kier alpha value is -2.08. The van der Waals surface area contributed by atoms with Gasteiger partial charge in [-0.1, -0.05) is 29.8 Å². The fourth-order valence-corrected chi connectivity index (χ4v) is 3.59. The molecule has 0 N–H and O–H groups in total. The monoisotopic (exact) mass is 330 g/mol. The van der Waals surface area contributed by atoms with Crippen molar-refractivity contribution in [3.8, 4) is 0 Å². The molecule has 3 amide bonds. The number of hydrogen-bond acceptors (Lipinski definition) is 4. The third kappa shape index (κ3) is 3.47. The molecule has 0 saturated carbocycles. The van der Waals surface area contributed by atoms with E-state index in [0.717, 1.165) is 40.6 Å². The van der Waals surface area contributed by atoms with E-state index in [-0.39, 0.29) is 23.6 Å². The average molecular weight is 330 g/mol. The lowest BCUT2D eigenvalue weighted by Crippen LogP contribution is -2.40. The minimum absolute atomic E-state index is 0.151. The van der Waals surface area contributed by atoms with Crippen molar-refractivity contribution in [2.24, 2.45) is 0 Å². The van der Waals surface area contributed by atoms with Crippen LogP contribution in [0.4, 0.5) is 4.79 Å². The molecule has 2 aliphatic heterocycles. The van der Waals surface area contributed by atoms with Crippen molar-refractivity contribution in [1.29, 1.82) is 0 Å². The van der Waals surface area contributed by atoms with Crippen molar-refractivity contribution < 1.29 is 14.4 Å². The zero-order valence-electron chi connectivity index (χ0n) is 12.9. The Morgan fingerprint density at radius 3 is 2.70 bits per heavy atom. The molecule has 120 valence electrons. The number of carbonyl (C=O) groups is 3. The molecule has 3 rings (SSSR count). The Labute approximate surface area is 139 Å². The number of likely N-dealkylation sites (tertiary alicyclic amines) is 1. The molecule has 0 aliphatic carbocycles. The standard InChI is InChI=1S/C17H18N2O3S/c1-12-5-4-6-13(9-12)10-14-16(21)19(17(22)23-14)11-15(20)18-7-2-3-8-18/h4-6,9-10H,2-3,7-8,11H2,1H3. The summed E-state index contributed by atoms with van der Waals surface area (Å²) in [6, 6.07) is 7.71. The smallest absolute Gasteiger partial charge is 0.294 e. The number of benzene rings is 1. The molecular formula is C17H18N2O3S. The second kappa shape index (κ2) is 6.58. The zero-order chi connectivity index (χ0) is 16.4. The lowest BCUT2D eigenvalue weighted by Gasteiger charge is -2.18. The van der Waals surface area contributed by atoms with Crippen LogP contribution in [0.1, 0.15) is 24.0 Å². The van der Waals surface area contributed by atoms with E-state index in [4.69, 9.17) is 0 Å². The fourth-order valence-electron chi connectivity index (χ4n) is 2.75. The highest BCUT2D eigenvalue weighted by Gasteiger charge is 2.37. The normalized spacial score (nSPS) is 20.0. The highest BCUT2D eigenvalue weighted by Crippen LogP contribution is 2.32. The first kappa shape index (κ1) is 15.8. The van der Waals surface area contributed by atoms with Gasteiger partial charge in [-0.15, -0.1) is 0 Å². The average Bonchev–Trinajstić information content (AvgIpc) is 3.12. The first-order valence-electron chi connectivity index (χ1n) is 7.64. The third-order valence-electron chi connectivity index (χ3n) is 3.97. The van der Waals surface area contributed by atoms with Crippen LogP contribution in [-0.4, -0.2) is 46.5 Å². The zero-order valence-corrected chi connectivity index (χ0v) is 13.8. The molecule has 0 bridgehead atoms. The van der Waals surface area contributed by atoms with Crippen LogP contribution < -0.4 is 0 Å². The van der Waals surface area contributed by atoms with Gasteiger partial charge in [-0.25, -0.2) is 0 Å². The minimum Gasteiger partial charge on any atom is -0.341 e. The van der Waals surface area contributed by atoms with Gasteiger partial charge in [0.1, 0.15) is 6.54 Å². The highest BCUT2D eigenvalue weighted by atomic mass is 32.2. The van der Waals surface area contributed by atoms with Crippen molar-refractivity contribution >= 4 is 34.9 Å². The third-order valence-corrected chi connectivity index (χ3v) is 4.87. The van der Waals surface area contributed by atoms with Crippen LogP contribution in [0, 0.1) is 6.92 Å². The van der Waals surface area contributed by atoms with Crippen molar-refractivity contribution in [2.45, 2.75) is 19.8 Å². The minimum atomic E-state index is -0.381. The highest BCUT2D eigenvalue weighted by molar-refractivity contribution is 8.18. The van der Waals surface area contributed by atoms with Gasteiger partial charge in [0, 0.05) is 13.1 Å². The molecule has 2 fully saturated rings. The molecule has 2 aliphatic rings. The van der Waals surface area contributed by atoms with Gasteiger partial charge in [-0.2, -0.15) is 0 Å². The van der Waals surface area contributed by atoms with E-state index < -0.39 is 0 Å². The summed E-state index contributed by atoms with van der Waals surface area (Å²) in [4.78, 5) is 39.7. The summed E-state index contributed by atoms with van der Waals surface area (Å²) in [5, 5.41) is -0.374. The van der Waals surface area contributed by atoms with Gasteiger partial charge in [0.05, 0.1) is 4.91 Å². The quantitative estimate of drug-likeness (QED) is 0.800. The largest absolute Gasteiger partial charge is 0.341 e. The van der Waals surface area contributed by atoms with Gasteiger partial charge in [-0.05, 0) is 43.2 Å². The van der Waals surface area contributed by atoms with Crippen LogP contribution in [0.2, 0.25) is 0 Å². The van der Waals surface area contributed by atoms with Crippen molar-refractivity contribution in [3.05, 3.63) is 40.3 Å². The van der Waals surface area contributed by atoms with E-state index in [0.29, 0.717) is 18.0 Å². The molecule has 2 heterocycles. The van der Waals surface area contributed by atoms with Crippen LogP contribution in [0.5, 0.6) is 0 Å². The van der Waals surface area contributed by atoms with Crippen molar-refractivity contribution in [2.75, 3.05) is 19.6 Å². The van der Waals surface area contributed by atoms with Crippen LogP contribution >= 0.6 is 11.8 Å². The molecule has 6 heteroatoms. The van der Waals surface area contributed by atoms with Crippen molar-refractivity contribution in [1.82, 2.24) is 9.80 Å². The Balaban J connectivity index is 1.73. The lowest BCUT2D eigenvalue weighted by molar-refractivity contribution is -0.135. The Morgan fingerprint density at radius 2 is 2.00 bits per heavy atom. The predicted molar refractivity (Wildman–Crippen MR) is 89.7 cm³/mol. The summed E-state index contributed by atoms with van der Waals surface area (Å²) in [5.74, 6) is -0.532. The number of nitrogens with zero attached hydrogens (tertiary/aromatic N) is 2. The maximum absolute atomic E-state index is 12.4. The maximum Gasteiger partial charge on any atom is 0.294 e. The summed E-state index contributed by atoms with van der Waals surface area (Å²) in [5.41, 5.74) is 1.96. The molecular weight excluding hydrogens is 312 g/mol. The van der Waals surface area contributed by atoms with Gasteiger partial charge >= 0.3 is 0 Å². The first-order valence-corrected chi connectivity index (χ1v) is 8.46. The lowest BCUT2D eigenvalue weighted by atomic mass is 10.1. The number of carbonyl (C=O) groups excluding carboxylic acids is 3. The Kier molecular flexibility index (Phi) is 4.52. The summed E-state index contributed by atoms with van der Waals surface area (Å²) >= 11 is 0.895. The van der Waals surface area contributed by atoms with Crippen LogP contribution in [0.15, 0.2) is 29.2 Å². The number of aryl methyl sites for hydroxylation is 1. The predicted octanol–water partition coefficient (Wildman–Crippen LogP) is 2.65. The van der Waals surface area contributed by atoms with E-state index in [9.17, 15) is 14.4 Å². The van der Waals surface area contributed by atoms with Gasteiger partial charge in [0.2, 0.25) is 5.91 Å². The molecule has 0 aromatic heterocycles. The van der Waals surface area contributed by atoms with E-state index in [1.165, 1.54) is 0 Å². The van der Waals surface area contributed by atoms with Gasteiger partial charge in [-0.3, -0.25) is 19.3 Å². The molecule has 1 aromatic rings. The first-order chi connectivity index (χ1) is 11.0. The number of rotatable bonds is 3. The van der Waals surface area contributed by atoms with Gasteiger partial charge < -0.3 is 4.90 Å². The van der Waals surface area contributed by atoms with Gasteiger partial charge in [0.15, 0.2) is 0 Å². The summed E-state index contributed by atoms with van der Waals surface area (Å²) in [6.07, 6.45) is 3.68. The van der Waals surface area contributed by atoms with Gasteiger partial charge in [0.25, 0.3) is 11.1 Å². The van der Waals surface area contributed by atoms with Crippen LogP contribution in [0.25, 0.3) is 6.08 Å². The molecule has 1 aromatic carbocycles. The van der Waals surface area contributed by atoms with Crippen LogP contribution in [-0.2, 0) is 9.59 Å². The Morgan fingerprint density at radius 1 is 1.26 bits per heavy atom. The molecule has 5 nitrogen and oxygen atoms in total. The second-order valence-electron chi connectivity index (χ2n) is 5.77. The molecule has 23 heavy (non-hydrogen) atoms. The maximum atomic E-state index is 12.4. The number of amides is 3. The molecule has 0 atom stereocenters. The van der Waals surface area contributed by atoms with E-state index in [1.807, 2.05) is 31.2 Å². The molecule has 0 spiro atoms. The van der Waals surface area contributed by atoms with Crippen molar-refractivity contribution in [3.63, 3.8) is 0 Å².